The van der Waals surface area contributed by atoms with Crippen LogP contribution in [0.5, 0.6) is 0 Å². The minimum absolute atomic E-state index is 0.658. The molecule has 0 spiro atoms. The molecule has 3 heteroatoms. The van der Waals surface area contributed by atoms with Crippen molar-refractivity contribution < 1.29 is 9.59 Å². The molecule has 0 aliphatic heterocycles. The van der Waals surface area contributed by atoms with Crippen molar-refractivity contribution in [1.29, 1.82) is 0 Å². The fraction of sp³-hybridized carbons (Fsp3) is 0.455. The van der Waals surface area contributed by atoms with Crippen molar-refractivity contribution >= 4 is 18.9 Å². The summed E-state index contributed by atoms with van der Waals surface area (Å²) >= 11 is 0. The molecule has 136 valence electrons. The van der Waals surface area contributed by atoms with Gasteiger partial charge in [-0.1, -0.05) is 88.1 Å². The van der Waals surface area contributed by atoms with Crippen molar-refractivity contribution in [1.82, 2.24) is 0 Å². The van der Waals surface area contributed by atoms with E-state index in [4.69, 9.17) is 0 Å². The summed E-state index contributed by atoms with van der Waals surface area (Å²) in [4.78, 5) is 21.5. The van der Waals surface area contributed by atoms with Gasteiger partial charge in [-0.3, -0.25) is 0 Å². The van der Waals surface area contributed by atoms with Crippen molar-refractivity contribution in [3.8, 4) is 0 Å². The third-order valence-electron chi connectivity index (χ3n) is 4.85. The summed E-state index contributed by atoms with van der Waals surface area (Å²) in [7, 11) is -3.58. The molecule has 0 radical (unpaired) electrons. The van der Waals surface area contributed by atoms with E-state index in [1.165, 1.54) is 49.7 Å². The molecule has 0 saturated carbocycles. The molecule has 0 unspecified atom stereocenters. The molecular weight excluding hydrogens is 324 g/mol. The van der Waals surface area contributed by atoms with Crippen LogP contribution in [-0.4, -0.2) is 18.2 Å². The molecule has 0 atom stereocenters. The van der Waals surface area contributed by atoms with Gasteiger partial charge < -0.3 is 9.59 Å². The van der Waals surface area contributed by atoms with Crippen LogP contribution in [0, 0.1) is 0 Å². The molecule has 25 heavy (non-hydrogen) atoms. The van der Waals surface area contributed by atoms with E-state index in [0.717, 1.165) is 12.8 Å². The lowest BCUT2D eigenvalue weighted by Gasteiger charge is -2.19. The fourth-order valence-corrected chi connectivity index (χ4v) is 4.73. The summed E-state index contributed by atoms with van der Waals surface area (Å²) in [5.41, 5.74) is 2.54. The van der Waals surface area contributed by atoms with Crippen molar-refractivity contribution in [3.63, 3.8) is 0 Å². The van der Waals surface area contributed by atoms with E-state index in [1.807, 2.05) is 48.5 Å². The van der Waals surface area contributed by atoms with E-state index in [-0.39, 0.29) is 0 Å². The molecule has 2 nitrogen and oxygen atoms in total. The zero-order valence-electron chi connectivity index (χ0n) is 15.7. The highest BCUT2D eigenvalue weighted by Crippen LogP contribution is 2.09. The van der Waals surface area contributed by atoms with Crippen molar-refractivity contribution in [2.75, 3.05) is 0 Å². The van der Waals surface area contributed by atoms with Gasteiger partial charge in [-0.25, -0.2) is 0 Å². The van der Waals surface area contributed by atoms with E-state index in [0.29, 0.717) is 10.4 Å². The Morgan fingerprint density at radius 1 is 0.600 bits per heavy atom. The van der Waals surface area contributed by atoms with Gasteiger partial charge in [-0.05, 0) is 47.2 Å². The lowest BCUT2D eigenvalue weighted by atomic mass is 10.1. The van der Waals surface area contributed by atoms with Gasteiger partial charge in [0.05, 0.1) is 0 Å². The molecule has 0 heterocycles. The zero-order chi connectivity index (χ0) is 18.1. The summed E-state index contributed by atoms with van der Waals surface area (Å²) in [5.74, 6) is 0. The van der Waals surface area contributed by atoms with Gasteiger partial charge in [0.1, 0.15) is 0 Å². The SMILES string of the molecule is CCCCCc1ccc([Si](O)(O)c2ccc(CCCCC)cc2)cc1. The normalized spacial score (nSPS) is 11.7. The molecule has 0 amide bonds. The van der Waals surface area contributed by atoms with Crippen LogP contribution in [-0.2, 0) is 12.8 Å². The molecule has 2 N–H and O–H groups in total. The fourth-order valence-electron chi connectivity index (χ4n) is 3.13. The summed E-state index contributed by atoms with van der Waals surface area (Å²) < 4.78 is 0. The van der Waals surface area contributed by atoms with Gasteiger partial charge in [-0.15, -0.1) is 0 Å². The average molecular weight is 357 g/mol. The first-order valence-electron chi connectivity index (χ1n) is 9.71. The van der Waals surface area contributed by atoms with Crippen LogP contribution in [0.3, 0.4) is 0 Å². The molecule has 0 fully saturated rings. The highest BCUT2D eigenvalue weighted by atomic mass is 28.4. The molecule has 2 aromatic carbocycles. The summed E-state index contributed by atoms with van der Waals surface area (Å²) in [5, 5.41) is 1.32. The van der Waals surface area contributed by atoms with Crippen molar-refractivity contribution in [2.24, 2.45) is 0 Å². The Morgan fingerprint density at radius 3 is 1.28 bits per heavy atom. The largest absolute Gasteiger partial charge is 0.404 e. The third kappa shape index (κ3) is 5.81. The van der Waals surface area contributed by atoms with E-state index >= 15 is 0 Å². The summed E-state index contributed by atoms with van der Waals surface area (Å²) in [6.07, 6.45) is 9.42. The van der Waals surface area contributed by atoms with E-state index in [1.54, 1.807) is 0 Å². The Kier molecular flexibility index (Phi) is 7.88. The first kappa shape index (κ1) is 19.9. The van der Waals surface area contributed by atoms with Gasteiger partial charge >= 0.3 is 8.56 Å². The maximum Gasteiger partial charge on any atom is 0.401 e. The Bertz CT molecular complexity index is 562. The van der Waals surface area contributed by atoms with Crippen molar-refractivity contribution in [3.05, 3.63) is 59.7 Å². The molecular formula is C22H32O2Si. The summed E-state index contributed by atoms with van der Waals surface area (Å²) in [6, 6.07) is 15.7. The standard InChI is InChI=1S/C22H32O2Si/c1-3-5-7-9-19-11-15-21(16-12-19)25(23,24)22-17-13-20(14-18-22)10-8-6-4-2/h11-18,23-24H,3-10H2,1-2H3. The molecule has 0 aliphatic rings. The molecule has 2 rings (SSSR count). The van der Waals surface area contributed by atoms with E-state index < -0.39 is 8.56 Å². The van der Waals surface area contributed by atoms with Crippen LogP contribution in [0.15, 0.2) is 48.5 Å². The van der Waals surface area contributed by atoms with Crippen molar-refractivity contribution in [2.45, 2.75) is 65.2 Å². The number of hydrogen-bond acceptors (Lipinski definition) is 2. The number of aryl methyl sites for hydroxylation is 2. The van der Waals surface area contributed by atoms with Gasteiger partial charge in [0, 0.05) is 0 Å². The van der Waals surface area contributed by atoms with Crippen LogP contribution >= 0.6 is 0 Å². The number of hydrogen-bond donors (Lipinski definition) is 2. The second-order valence-electron chi connectivity index (χ2n) is 6.98. The molecule has 0 aromatic heterocycles. The first-order chi connectivity index (χ1) is 12.1. The maximum absolute atomic E-state index is 10.8. The Morgan fingerprint density at radius 2 is 0.960 bits per heavy atom. The zero-order valence-corrected chi connectivity index (χ0v) is 16.7. The van der Waals surface area contributed by atoms with Gasteiger partial charge in [-0.2, -0.15) is 0 Å². The van der Waals surface area contributed by atoms with Crippen LogP contribution < -0.4 is 10.4 Å². The van der Waals surface area contributed by atoms with E-state index in [9.17, 15) is 9.59 Å². The van der Waals surface area contributed by atoms with E-state index in [2.05, 4.69) is 13.8 Å². The monoisotopic (exact) mass is 356 g/mol. The topological polar surface area (TPSA) is 40.5 Å². The quantitative estimate of drug-likeness (QED) is 0.503. The smallest absolute Gasteiger partial charge is 0.401 e. The minimum Gasteiger partial charge on any atom is -0.404 e. The molecule has 0 saturated heterocycles. The van der Waals surface area contributed by atoms with Crippen LogP contribution in [0.2, 0.25) is 0 Å². The first-order valence-corrected chi connectivity index (χ1v) is 11.6. The third-order valence-corrected chi connectivity index (χ3v) is 7.13. The highest BCUT2D eigenvalue weighted by Gasteiger charge is 2.34. The molecule has 2 aromatic rings. The average Bonchev–Trinajstić information content (AvgIpc) is 2.63. The second kappa shape index (κ2) is 9.90. The van der Waals surface area contributed by atoms with Crippen LogP contribution in [0.4, 0.5) is 0 Å². The Labute approximate surface area is 153 Å². The van der Waals surface area contributed by atoms with Crippen LogP contribution in [0.25, 0.3) is 0 Å². The molecule has 0 bridgehead atoms. The van der Waals surface area contributed by atoms with Gasteiger partial charge in [0.25, 0.3) is 0 Å². The highest BCUT2D eigenvalue weighted by molar-refractivity contribution is 6.90. The minimum atomic E-state index is -3.58. The number of unbranched alkanes of at least 4 members (excludes halogenated alkanes) is 4. The lowest BCUT2D eigenvalue weighted by molar-refractivity contribution is 0.401. The van der Waals surface area contributed by atoms with Gasteiger partial charge in [0.2, 0.25) is 0 Å². The number of rotatable bonds is 10. The van der Waals surface area contributed by atoms with Crippen LogP contribution in [0.1, 0.15) is 63.5 Å². The lowest BCUT2D eigenvalue weighted by Crippen LogP contribution is -2.59. The number of benzene rings is 2. The predicted octanol–water partition coefficient (Wildman–Crippen LogP) is 3.69. The molecule has 0 aliphatic carbocycles. The second-order valence-corrected chi connectivity index (χ2v) is 9.48. The Hall–Kier alpha value is -1.42. The maximum atomic E-state index is 10.8. The summed E-state index contributed by atoms with van der Waals surface area (Å²) in [6.45, 7) is 4.41. The van der Waals surface area contributed by atoms with Gasteiger partial charge in [0.15, 0.2) is 0 Å². The predicted molar refractivity (Wildman–Crippen MR) is 109 cm³/mol. The Balaban J connectivity index is 2.04.